The van der Waals surface area contributed by atoms with Gasteiger partial charge in [-0.15, -0.1) is 0 Å². The first kappa shape index (κ1) is 24.9. The fourth-order valence-electron chi connectivity index (χ4n) is 2.82. The van der Waals surface area contributed by atoms with Crippen LogP contribution < -0.4 is 20.9 Å². The quantitative estimate of drug-likeness (QED) is 0.222. The number of hydrazine groups is 1. The van der Waals surface area contributed by atoms with Gasteiger partial charge in [0.15, 0.2) is 0 Å². The van der Waals surface area contributed by atoms with E-state index in [2.05, 4.69) is 26.1 Å². The number of benzene rings is 2. The summed E-state index contributed by atoms with van der Waals surface area (Å²) in [4.78, 5) is 43.3. The number of anilines is 3. The van der Waals surface area contributed by atoms with Crippen LogP contribution >= 0.6 is 0 Å². The van der Waals surface area contributed by atoms with E-state index < -0.39 is 22.5 Å². The van der Waals surface area contributed by atoms with Crippen molar-refractivity contribution in [2.24, 2.45) is 5.92 Å². The summed E-state index contributed by atoms with van der Waals surface area (Å²) >= 11 is 0. The highest BCUT2D eigenvalue weighted by atomic mass is 16.6. The Kier molecular flexibility index (Phi) is 8.11. The molecule has 3 aromatic rings. The third kappa shape index (κ3) is 6.63. The van der Waals surface area contributed by atoms with Crippen LogP contribution in [-0.4, -0.2) is 40.5 Å². The number of carbonyl (C=O) groups excluding carboxylic acids is 2. The Morgan fingerprint density at radius 1 is 1.00 bits per heavy atom. The summed E-state index contributed by atoms with van der Waals surface area (Å²) in [6.45, 7) is 4.17. The first-order chi connectivity index (χ1) is 16.8. The second-order valence-corrected chi connectivity index (χ2v) is 7.68. The van der Waals surface area contributed by atoms with Crippen molar-refractivity contribution in [1.82, 2.24) is 15.4 Å². The summed E-state index contributed by atoms with van der Waals surface area (Å²) in [6, 6.07) is 12.5. The molecule has 12 heteroatoms. The van der Waals surface area contributed by atoms with Crippen LogP contribution in [0.1, 0.15) is 34.6 Å². The van der Waals surface area contributed by atoms with Crippen molar-refractivity contribution in [2.75, 3.05) is 24.5 Å². The first-order valence-corrected chi connectivity index (χ1v) is 10.5. The molecule has 1 amide bonds. The van der Waals surface area contributed by atoms with Gasteiger partial charge in [-0.05, 0) is 54.4 Å². The minimum atomic E-state index is -0.679. The second-order valence-electron chi connectivity index (χ2n) is 7.68. The molecule has 0 spiro atoms. The van der Waals surface area contributed by atoms with Crippen LogP contribution in [0.2, 0.25) is 0 Å². The molecule has 2 aromatic carbocycles. The Hall–Kier alpha value is -4.74. The van der Waals surface area contributed by atoms with Crippen LogP contribution in [0.3, 0.4) is 0 Å². The third-order valence-electron chi connectivity index (χ3n) is 4.58. The minimum Gasteiger partial charge on any atom is -0.497 e. The van der Waals surface area contributed by atoms with Gasteiger partial charge in [0.05, 0.1) is 24.2 Å². The molecular weight excluding hydrogens is 456 g/mol. The molecule has 0 unspecified atom stereocenters. The summed E-state index contributed by atoms with van der Waals surface area (Å²) in [5.41, 5.74) is 5.46. The predicted molar refractivity (Wildman–Crippen MR) is 128 cm³/mol. The molecule has 0 aliphatic rings. The van der Waals surface area contributed by atoms with Crippen molar-refractivity contribution < 1.29 is 24.0 Å². The number of nitro groups is 1. The number of nitrogens with zero attached hydrogens (tertiary/aromatic N) is 3. The number of rotatable bonds is 10. The Balaban J connectivity index is 1.72. The topological polar surface area (TPSA) is 158 Å². The lowest BCUT2D eigenvalue weighted by molar-refractivity contribution is -0.383. The molecule has 35 heavy (non-hydrogen) atoms. The number of hydrogen-bond donors (Lipinski definition) is 3. The number of amides is 1. The van der Waals surface area contributed by atoms with Gasteiger partial charge in [0.1, 0.15) is 12.1 Å². The van der Waals surface area contributed by atoms with Crippen LogP contribution in [0.15, 0.2) is 54.9 Å². The largest absolute Gasteiger partial charge is 0.497 e. The summed E-state index contributed by atoms with van der Waals surface area (Å²) in [6.07, 6.45) is 1.11. The molecule has 0 radical (unpaired) electrons. The highest BCUT2D eigenvalue weighted by molar-refractivity contribution is 5.95. The molecule has 0 saturated heterocycles. The zero-order valence-electron chi connectivity index (χ0n) is 19.3. The SMILES string of the molecule is COc1ccc(C(=O)NNc2ncnc(Nc3ccc(C(=O)OCC(C)C)cc3)c2[N+](=O)[O-])cc1. The molecule has 1 heterocycles. The number of esters is 1. The van der Waals surface area contributed by atoms with Crippen molar-refractivity contribution in [1.29, 1.82) is 0 Å². The predicted octanol–water partition coefficient (Wildman–Crippen LogP) is 3.71. The van der Waals surface area contributed by atoms with Gasteiger partial charge in [0.2, 0.25) is 11.6 Å². The Morgan fingerprint density at radius 2 is 1.63 bits per heavy atom. The lowest BCUT2D eigenvalue weighted by Crippen LogP contribution is -2.30. The van der Waals surface area contributed by atoms with Crippen LogP contribution in [-0.2, 0) is 4.74 Å². The van der Waals surface area contributed by atoms with E-state index >= 15 is 0 Å². The Labute approximate surface area is 200 Å². The fraction of sp³-hybridized carbons (Fsp3) is 0.217. The summed E-state index contributed by atoms with van der Waals surface area (Å²) in [5, 5.41) is 14.6. The molecule has 12 nitrogen and oxygen atoms in total. The van der Waals surface area contributed by atoms with E-state index in [0.29, 0.717) is 29.2 Å². The van der Waals surface area contributed by atoms with Gasteiger partial charge in [0.25, 0.3) is 5.91 Å². The smallest absolute Gasteiger partial charge is 0.355 e. The van der Waals surface area contributed by atoms with Crippen LogP contribution in [0.5, 0.6) is 5.75 Å². The van der Waals surface area contributed by atoms with Crippen LogP contribution in [0.25, 0.3) is 0 Å². The molecule has 0 bridgehead atoms. The molecule has 0 aliphatic carbocycles. The second kappa shape index (κ2) is 11.4. The third-order valence-corrected chi connectivity index (χ3v) is 4.58. The molecule has 3 N–H and O–H groups in total. The molecule has 0 atom stereocenters. The maximum absolute atomic E-state index is 12.4. The number of ether oxygens (including phenoxy) is 2. The van der Waals surface area contributed by atoms with E-state index in [1.807, 2.05) is 13.8 Å². The number of aromatic nitrogens is 2. The average Bonchev–Trinajstić information content (AvgIpc) is 2.86. The lowest BCUT2D eigenvalue weighted by Gasteiger charge is -2.11. The van der Waals surface area contributed by atoms with Crippen molar-refractivity contribution in [3.05, 3.63) is 76.1 Å². The number of methoxy groups -OCH3 is 1. The van der Waals surface area contributed by atoms with E-state index in [0.717, 1.165) is 6.33 Å². The standard InChI is InChI=1S/C23H24N6O6/c1-14(2)12-35-23(31)16-4-8-17(9-5-16)26-20-19(29(32)33)21(25-13-24-20)27-28-22(30)15-6-10-18(34-3)11-7-15/h4-11,13-14H,12H2,1-3H3,(H,28,30)(H2,24,25,26,27). The Morgan fingerprint density at radius 3 is 2.23 bits per heavy atom. The monoisotopic (exact) mass is 480 g/mol. The van der Waals surface area contributed by atoms with Crippen molar-refractivity contribution in [3.63, 3.8) is 0 Å². The lowest BCUT2D eigenvalue weighted by atomic mass is 10.2. The molecule has 1 aromatic heterocycles. The van der Waals surface area contributed by atoms with Crippen molar-refractivity contribution in [3.8, 4) is 5.75 Å². The molecular formula is C23H24N6O6. The van der Waals surface area contributed by atoms with Gasteiger partial charge in [-0.25, -0.2) is 14.8 Å². The molecule has 0 aliphatic heterocycles. The van der Waals surface area contributed by atoms with Crippen molar-refractivity contribution in [2.45, 2.75) is 13.8 Å². The Bertz CT molecular complexity index is 1200. The first-order valence-electron chi connectivity index (χ1n) is 10.5. The van der Waals surface area contributed by atoms with E-state index in [-0.39, 0.29) is 17.6 Å². The summed E-state index contributed by atoms with van der Waals surface area (Å²) in [5.74, 6) is -0.531. The maximum atomic E-state index is 12.4. The minimum absolute atomic E-state index is 0.110. The average molecular weight is 480 g/mol. The van der Waals surface area contributed by atoms with E-state index in [1.165, 1.54) is 19.2 Å². The number of hydrogen-bond acceptors (Lipinski definition) is 10. The molecule has 3 rings (SSSR count). The number of carbonyl (C=O) groups is 2. The van der Waals surface area contributed by atoms with E-state index in [9.17, 15) is 19.7 Å². The fourth-order valence-corrected chi connectivity index (χ4v) is 2.82. The van der Waals surface area contributed by atoms with Crippen LogP contribution in [0, 0.1) is 16.0 Å². The summed E-state index contributed by atoms with van der Waals surface area (Å²) in [7, 11) is 1.51. The molecule has 0 fully saturated rings. The molecule has 0 saturated carbocycles. The van der Waals surface area contributed by atoms with Crippen molar-refractivity contribution >= 4 is 34.9 Å². The highest BCUT2D eigenvalue weighted by Crippen LogP contribution is 2.30. The van der Waals surface area contributed by atoms with Crippen LogP contribution in [0.4, 0.5) is 23.0 Å². The van der Waals surface area contributed by atoms with Gasteiger partial charge in [-0.3, -0.25) is 25.8 Å². The maximum Gasteiger partial charge on any atom is 0.355 e. The van der Waals surface area contributed by atoms with Gasteiger partial charge in [-0.1, -0.05) is 13.8 Å². The number of nitrogens with one attached hydrogen (secondary N) is 3. The highest BCUT2D eigenvalue weighted by Gasteiger charge is 2.24. The van der Waals surface area contributed by atoms with Gasteiger partial charge >= 0.3 is 11.7 Å². The zero-order chi connectivity index (χ0) is 25.4. The van der Waals surface area contributed by atoms with E-state index in [1.54, 1.807) is 36.4 Å². The van der Waals surface area contributed by atoms with E-state index in [4.69, 9.17) is 9.47 Å². The molecule has 182 valence electrons. The normalized spacial score (nSPS) is 10.4. The van der Waals surface area contributed by atoms with Gasteiger partial charge in [0, 0.05) is 11.3 Å². The zero-order valence-corrected chi connectivity index (χ0v) is 19.3. The summed E-state index contributed by atoms with van der Waals surface area (Å²) < 4.78 is 10.2. The van der Waals surface area contributed by atoms with Gasteiger partial charge in [-0.2, -0.15) is 0 Å². The van der Waals surface area contributed by atoms with Gasteiger partial charge < -0.3 is 14.8 Å².